The molecule has 0 bridgehead atoms. The molecule has 0 aliphatic rings. The van der Waals surface area contributed by atoms with E-state index in [1.807, 2.05) is 31.3 Å². The summed E-state index contributed by atoms with van der Waals surface area (Å²) in [6.45, 7) is 3.15. The minimum Gasteiger partial charge on any atom is -0.494 e. The van der Waals surface area contributed by atoms with E-state index in [9.17, 15) is 14.7 Å². The Balaban J connectivity index is 1.72. The van der Waals surface area contributed by atoms with Gasteiger partial charge in [0.1, 0.15) is 12.4 Å². The normalized spacial score (nSPS) is 10.7. The molecule has 6 nitrogen and oxygen atoms in total. The Labute approximate surface area is 163 Å². The van der Waals surface area contributed by atoms with Crippen molar-refractivity contribution in [3.05, 3.63) is 44.4 Å². The Kier molecular flexibility index (Phi) is 8.39. The molecule has 7 heteroatoms. The summed E-state index contributed by atoms with van der Waals surface area (Å²) < 4.78 is 5.71. The van der Waals surface area contributed by atoms with Crippen molar-refractivity contribution in [1.82, 2.24) is 9.88 Å². The van der Waals surface area contributed by atoms with Gasteiger partial charge in [0, 0.05) is 19.9 Å². The maximum atomic E-state index is 12.0. The van der Waals surface area contributed by atoms with Crippen LogP contribution >= 0.6 is 11.3 Å². The Morgan fingerprint density at radius 1 is 1.22 bits per heavy atom. The number of thiazole rings is 1. The summed E-state index contributed by atoms with van der Waals surface area (Å²) in [5.74, 6) is 0.831. The molecule has 2 N–H and O–H groups in total. The van der Waals surface area contributed by atoms with Gasteiger partial charge in [-0.2, -0.15) is 0 Å². The largest absolute Gasteiger partial charge is 0.494 e. The van der Waals surface area contributed by atoms with Crippen LogP contribution in [0.1, 0.15) is 49.5 Å². The van der Waals surface area contributed by atoms with Crippen LogP contribution in [0.3, 0.4) is 0 Å². The molecule has 2 rings (SSSR count). The summed E-state index contributed by atoms with van der Waals surface area (Å²) in [5, 5.41) is 9.64. The van der Waals surface area contributed by atoms with E-state index < -0.39 is 0 Å². The van der Waals surface area contributed by atoms with Crippen molar-refractivity contribution in [3.8, 4) is 11.6 Å². The first kappa shape index (κ1) is 21.0. The van der Waals surface area contributed by atoms with Gasteiger partial charge in [0.15, 0.2) is 0 Å². The third-order valence-corrected chi connectivity index (χ3v) is 5.23. The fourth-order valence-electron chi connectivity index (χ4n) is 2.68. The van der Waals surface area contributed by atoms with Crippen molar-refractivity contribution in [1.29, 1.82) is 0 Å². The molecule has 1 aromatic carbocycles. The first-order valence-electron chi connectivity index (χ1n) is 9.36. The number of carbonyl (C=O) groups excluding carboxylic acids is 1. The van der Waals surface area contributed by atoms with Gasteiger partial charge in [-0.25, -0.2) is 0 Å². The smallest absolute Gasteiger partial charge is 0.307 e. The number of unbranched alkanes of at least 4 members (excludes halogenated alkanes) is 3. The molecule has 0 spiro atoms. The Hall–Kier alpha value is -2.28. The molecular weight excluding hydrogens is 364 g/mol. The molecule has 148 valence electrons. The van der Waals surface area contributed by atoms with Gasteiger partial charge in [0.2, 0.25) is 11.8 Å². The Morgan fingerprint density at radius 2 is 1.96 bits per heavy atom. The van der Waals surface area contributed by atoms with Crippen LogP contribution in [0.15, 0.2) is 29.1 Å². The van der Waals surface area contributed by atoms with E-state index in [0.717, 1.165) is 35.5 Å². The summed E-state index contributed by atoms with van der Waals surface area (Å²) in [6, 6.07) is 7.52. The van der Waals surface area contributed by atoms with E-state index in [1.165, 1.54) is 12.8 Å². The van der Waals surface area contributed by atoms with E-state index in [-0.39, 0.29) is 16.7 Å². The molecule has 0 saturated carbocycles. The van der Waals surface area contributed by atoms with Crippen LogP contribution in [-0.4, -0.2) is 41.1 Å². The highest BCUT2D eigenvalue weighted by Gasteiger charge is 2.09. The average molecular weight is 393 g/mol. The van der Waals surface area contributed by atoms with E-state index in [2.05, 4.69) is 11.9 Å². The monoisotopic (exact) mass is 392 g/mol. The maximum absolute atomic E-state index is 12.0. The SMILES string of the molecule is CCCCCCC(=O)N(C)CCOc1ccc(Cc2sc(=O)[nH]c2O)cc1. The number of amides is 1. The molecule has 0 unspecified atom stereocenters. The van der Waals surface area contributed by atoms with Gasteiger partial charge in [-0.1, -0.05) is 49.7 Å². The second kappa shape index (κ2) is 10.8. The second-order valence-corrected chi connectivity index (χ2v) is 7.65. The number of nitrogens with one attached hydrogen (secondary N) is 1. The number of aromatic hydroxyl groups is 1. The molecule has 0 radical (unpaired) electrons. The van der Waals surface area contributed by atoms with Crippen molar-refractivity contribution in [2.24, 2.45) is 0 Å². The number of aromatic nitrogens is 1. The van der Waals surface area contributed by atoms with Crippen LogP contribution in [-0.2, 0) is 11.2 Å². The van der Waals surface area contributed by atoms with Gasteiger partial charge in [0.05, 0.1) is 11.4 Å². The number of ether oxygens (including phenoxy) is 1. The lowest BCUT2D eigenvalue weighted by atomic mass is 10.1. The highest BCUT2D eigenvalue weighted by molar-refractivity contribution is 7.09. The van der Waals surface area contributed by atoms with Crippen molar-refractivity contribution in [2.45, 2.75) is 45.4 Å². The molecule has 0 atom stereocenters. The molecule has 1 heterocycles. The fraction of sp³-hybridized carbons (Fsp3) is 0.500. The molecule has 1 amide bonds. The van der Waals surface area contributed by atoms with Crippen LogP contribution < -0.4 is 9.61 Å². The summed E-state index contributed by atoms with van der Waals surface area (Å²) in [5.41, 5.74) is 0.979. The van der Waals surface area contributed by atoms with E-state index in [0.29, 0.717) is 30.9 Å². The lowest BCUT2D eigenvalue weighted by molar-refractivity contribution is -0.130. The summed E-state index contributed by atoms with van der Waals surface area (Å²) >= 11 is 1.01. The summed E-state index contributed by atoms with van der Waals surface area (Å²) in [7, 11) is 1.81. The molecular formula is C20H28N2O4S. The predicted octanol–water partition coefficient (Wildman–Crippen LogP) is 3.54. The zero-order valence-corrected chi connectivity index (χ0v) is 16.8. The number of likely N-dealkylation sites (N-methyl/N-ethyl adjacent to an activating group) is 1. The number of benzene rings is 1. The zero-order valence-electron chi connectivity index (χ0n) is 16.0. The van der Waals surface area contributed by atoms with Gasteiger partial charge in [0.25, 0.3) is 0 Å². The molecule has 0 fully saturated rings. The topological polar surface area (TPSA) is 82.6 Å². The molecule has 1 aromatic heterocycles. The zero-order chi connectivity index (χ0) is 19.6. The first-order valence-corrected chi connectivity index (χ1v) is 10.2. The number of carbonyl (C=O) groups is 1. The summed E-state index contributed by atoms with van der Waals surface area (Å²) in [6.07, 6.45) is 5.50. The average Bonchev–Trinajstić information content (AvgIpc) is 2.97. The minimum atomic E-state index is -0.258. The first-order chi connectivity index (χ1) is 13.0. The lowest BCUT2D eigenvalue weighted by Gasteiger charge is -2.17. The predicted molar refractivity (Wildman–Crippen MR) is 108 cm³/mol. The molecule has 0 saturated heterocycles. The molecule has 0 aliphatic carbocycles. The highest BCUT2D eigenvalue weighted by atomic mass is 32.1. The van der Waals surface area contributed by atoms with Crippen LogP contribution in [0.25, 0.3) is 0 Å². The van der Waals surface area contributed by atoms with Gasteiger partial charge in [-0.3, -0.25) is 14.6 Å². The van der Waals surface area contributed by atoms with Gasteiger partial charge in [-0.05, 0) is 24.1 Å². The molecule has 0 aliphatic heterocycles. The quantitative estimate of drug-likeness (QED) is 0.573. The third kappa shape index (κ3) is 7.09. The van der Waals surface area contributed by atoms with Crippen molar-refractivity contribution < 1.29 is 14.6 Å². The van der Waals surface area contributed by atoms with Crippen LogP contribution in [0.2, 0.25) is 0 Å². The Morgan fingerprint density at radius 3 is 2.59 bits per heavy atom. The van der Waals surface area contributed by atoms with Gasteiger partial charge >= 0.3 is 4.87 Å². The number of hydrogen-bond donors (Lipinski definition) is 2. The second-order valence-electron chi connectivity index (χ2n) is 6.58. The maximum Gasteiger partial charge on any atom is 0.307 e. The third-order valence-electron chi connectivity index (χ3n) is 4.35. The van der Waals surface area contributed by atoms with Crippen LogP contribution in [0.5, 0.6) is 11.6 Å². The number of hydrogen-bond acceptors (Lipinski definition) is 5. The molecule has 2 aromatic rings. The number of rotatable bonds is 11. The number of nitrogens with zero attached hydrogens (tertiary/aromatic N) is 1. The lowest BCUT2D eigenvalue weighted by Crippen LogP contribution is -2.30. The van der Waals surface area contributed by atoms with Crippen molar-refractivity contribution >= 4 is 17.2 Å². The van der Waals surface area contributed by atoms with Crippen molar-refractivity contribution in [2.75, 3.05) is 20.2 Å². The van der Waals surface area contributed by atoms with E-state index in [4.69, 9.17) is 4.74 Å². The van der Waals surface area contributed by atoms with Crippen molar-refractivity contribution in [3.63, 3.8) is 0 Å². The standard InChI is InChI=1S/C20H28N2O4S/c1-3-4-5-6-7-18(23)22(2)12-13-26-16-10-8-15(9-11-16)14-17-19(24)21-20(25)27-17/h8-11,24H,3-7,12-14H2,1-2H3,(H,21,25). The van der Waals surface area contributed by atoms with Crippen LogP contribution in [0, 0.1) is 0 Å². The minimum absolute atomic E-state index is 0.0623. The van der Waals surface area contributed by atoms with E-state index in [1.54, 1.807) is 4.90 Å². The van der Waals surface area contributed by atoms with E-state index >= 15 is 0 Å². The fourth-order valence-corrected chi connectivity index (χ4v) is 3.44. The van der Waals surface area contributed by atoms with Gasteiger partial charge in [-0.15, -0.1) is 0 Å². The Bertz CT molecular complexity index is 767. The number of H-pyrrole nitrogens is 1. The van der Waals surface area contributed by atoms with Crippen LogP contribution in [0.4, 0.5) is 0 Å². The molecule has 27 heavy (non-hydrogen) atoms. The summed E-state index contributed by atoms with van der Waals surface area (Å²) in [4.78, 5) is 27.7. The number of aromatic amines is 1. The highest BCUT2D eigenvalue weighted by Crippen LogP contribution is 2.21. The van der Waals surface area contributed by atoms with Gasteiger partial charge < -0.3 is 14.7 Å².